The number of nitro groups is 1. The Bertz CT molecular complexity index is 465. The van der Waals surface area contributed by atoms with Gasteiger partial charge in [0.05, 0.1) is 9.95 Å². The van der Waals surface area contributed by atoms with Gasteiger partial charge in [-0.3, -0.25) is 14.9 Å². The van der Waals surface area contributed by atoms with Crippen LogP contribution < -0.4 is 10.6 Å². The molecular formula is C11H14ClN3O3. The van der Waals surface area contributed by atoms with Gasteiger partial charge in [0.1, 0.15) is 11.7 Å². The van der Waals surface area contributed by atoms with Crippen molar-refractivity contribution in [3.8, 4) is 0 Å². The molecule has 1 atom stereocenters. The van der Waals surface area contributed by atoms with Crippen LogP contribution in [0, 0.1) is 10.1 Å². The zero-order valence-electron chi connectivity index (χ0n) is 10.1. The first-order valence-corrected chi connectivity index (χ1v) is 5.82. The maximum atomic E-state index is 11.6. The van der Waals surface area contributed by atoms with Gasteiger partial charge in [-0.05, 0) is 19.9 Å². The molecule has 0 spiro atoms. The summed E-state index contributed by atoms with van der Waals surface area (Å²) in [5.41, 5.74) is 0.00145. The van der Waals surface area contributed by atoms with Crippen molar-refractivity contribution in [1.82, 2.24) is 5.32 Å². The Hall–Kier alpha value is -1.82. The smallest absolute Gasteiger partial charge is 0.293 e. The van der Waals surface area contributed by atoms with Gasteiger partial charge in [-0.25, -0.2) is 0 Å². The largest absolute Gasteiger partial charge is 0.367 e. The Morgan fingerprint density at radius 2 is 2.22 bits per heavy atom. The molecule has 2 N–H and O–H groups in total. The average molecular weight is 272 g/mol. The molecular weight excluding hydrogens is 258 g/mol. The van der Waals surface area contributed by atoms with Crippen molar-refractivity contribution in [3.05, 3.63) is 33.3 Å². The number of amides is 1. The van der Waals surface area contributed by atoms with Gasteiger partial charge in [0.2, 0.25) is 5.91 Å². The van der Waals surface area contributed by atoms with Gasteiger partial charge in [0.25, 0.3) is 5.69 Å². The lowest BCUT2D eigenvalue weighted by Crippen LogP contribution is -2.37. The third-order valence-electron chi connectivity index (χ3n) is 2.29. The zero-order chi connectivity index (χ0) is 13.7. The molecule has 0 aliphatic carbocycles. The molecule has 1 aromatic carbocycles. The number of likely N-dealkylation sites (N-methyl/N-ethyl adjacent to an activating group) is 1. The molecule has 7 heteroatoms. The molecule has 6 nitrogen and oxygen atoms in total. The lowest BCUT2D eigenvalue weighted by Gasteiger charge is -2.15. The number of halogens is 1. The van der Waals surface area contributed by atoms with Crippen molar-refractivity contribution < 1.29 is 9.72 Å². The number of nitrogens with one attached hydrogen (secondary N) is 2. The van der Waals surface area contributed by atoms with Gasteiger partial charge >= 0.3 is 0 Å². The van der Waals surface area contributed by atoms with Crippen LogP contribution >= 0.6 is 11.6 Å². The Morgan fingerprint density at radius 1 is 1.56 bits per heavy atom. The van der Waals surface area contributed by atoms with Crippen LogP contribution in [0.5, 0.6) is 0 Å². The normalized spacial score (nSPS) is 11.7. The summed E-state index contributed by atoms with van der Waals surface area (Å²) in [5.74, 6) is -0.244. The van der Waals surface area contributed by atoms with E-state index in [0.717, 1.165) is 0 Å². The highest BCUT2D eigenvalue weighted by Gasteiger charge is 2.20. The van der Waals surface area contributed by atoms with E-state index in [1.807, 2.05) is 0 Å². The molecule has 18 heavy (non-hydrogen) atoms. The molecule has 0 saturated heterocycles. The fourth-order valence-corrected chi connectivity index (χ4v) is 1.64. The molecule has 0 aromatic heterocycles. The second-order valence-electron chi connectivity index (χ2n) is 3.65. The van der Waals surface area contributed by atoms with Gasteiger partial charge in [-0.15, -0.1) is 0 Å². The molecule has 0 aliphatic rings. The van der Waals surface area contributed by atoms with Crippen molar-refractivity contribution in [2.45, 2.75) is 19.9 Å². The maximum absolute atomic E-state index is 11.6. The van der Waals surface area contributed by atoms with E-state index in [2.05, 4.69) is 10.6 Å². The van der Waals surface area contributed by atoms with Crippen LogP contribution in [0.15, 0.2) is 18.2 Å². The second kappa shape index (κ2) is 6.20. The summed E-state index contributed by atoms with van der Waals surface area (Å²) in [5, 5.41) is 16.4. The Morgan fingerprint density at radius 3 is 2.78 bits per heavy atom. The lowest BCUT2D eigenvalue weighted by atomic mass is 10.2. The first kappa shape index (κ1) is 14.2. The van der Waals surface area contributed by atoms with E-state index in [0.29, 0.717) is 6.54 Å². The van der Waals surface area contributed by atoms with Gasteiger partial charge < -0.3 is 10.6 Å². The number of hydrogen-bond donors (Lipinski definition) is 2. The fraction of sp³-hybridized carbons (Fsp3) is 0.364. The van der Waals surface area contributed by atoms with Gasteiger partial charge in [-0.2, -0.15) is 0 Å². The van der Waals surface area contributed by atoms with Crippen molar-refractivity contribution >= 4 is 28.9 Å². The molecule has 1 aromatic rings. The van der Waals surface area contributed by atoms with E-state index in [4.69, 9.17) is 11.6 Å². The highest BCUT2D eigenvalue weighted by Crippen LogP contribution is 2.32. The van der Waals surface area contributed by atoms with Crippen molar-refractivity contribution in [1.29, 1.82) is 0 Å². The Labute approximate surface area is 109 Å². The summed E-state index contributed by atoms with van der Waals surface area (Å²) < 4.78 is 0. The summed E-state index contributed by atoms with van der Waals surface area (Å²) in [6, 6.07) is 3.74. The van der Waals surface area contributed by atoms with Crippen LogP contribution in [0.25, 0.3) is 0 Å². The molecule has 0 fully saturated rings. The first-order chi connectivity index (χ1) is 8.47. The summed E-state index contributed by atoms with van der Waals surface area (Å²) in [4.78, 5) is 21.9. The van der Waals surface area contributed by atoms with Gasteiger partial charge in [0.15, 0.2) is 0 Å². The molecule has 0 bridgehead atoms. The zero-order valence-corrected chi connectivity index (χ0v) is 10.8. The van der Waals surface area contributed by atoms with E-state index in [9.17, 15) is 14.9 Å². The lowest BCUT2D eigenvalue weighted by molar-refractivity contribution is -0.384. The van der Waals surface area contributed by atoms with Crippen LogP contribution in [0.2, 0.25) is 5.02 Å². The van der Waals surface area contributed by atoms with Crippen LogP contribution in [-0.2, 0) is 4.79 Å². The summed E-state index contributed by atoms with van der Waals surface area (Å²) >= 11 is 5.90. The molecule has 0 saturated carbocycles. The Kier molecular flexibility index (Phi) is 4.91. The molecule has 0 heterocycles. The number of rotatable bonds is 5. The average Bonchev–Trinajstić information content (AvgIpc) is 2.31. The topological polar surface area (TPSA) is 84.3 Å². The predicted molar refractivity (Wildman–Crippen MR) is 69.9 cm³/mol. The van der Waals surface area contributed by atoms with Gasteiger partial charge in [0, 0.05) is 12.6 Å². The minimum atomic E-state index is -0.608. The van der Waals surface area contributed by atoms with Crippen molar-refractivity contribution in [2.24, 2.45) is 0 Å². The highest BCUT2D eigenvalue weighted by atomic mass is 35.5. The third-order valence-corrected chi connectivity index (χ3v) is 2.61. The third kappa shape index (κ3) is 3.33. The summed E-state index contributed by atoms with van der Waals surface area (Å²) in [6.45, 7) is 3.90. The quantitative estimate of drug-likeness (QED) is 0.635. The SMILES string of the molecule is CCNC(=O)C(C)Nc1c(Cl)cccc1[N+](=O)[O-]. The first-order valence-electron chi connectivity index (χ1n) is 5.44. The van der Waals surface area contributed by atoms with Crippen LogP contribution in [-0.4, -0.2) is 23.4 Å². The monoisotopic (exact) mass is 271 g/mol. The molecule has 1 rings (SSSR count). The van der Waals surface area contributed by atoms with Crippen LogP contribution in [0.1, 0.15) is 13.8 Å². The highest BCUT2D eigenvalue weighted by molar-refractivity contribution is 6.33. The van der Waals surface area contributed by atoms with Crippen molar-refractivity contribution in [2.75, 3.05) is 11.9 Å². The standard InChI is InChI=1S/C11H14ClN3O3/c1-3-13-11(16)7(2)14-10-8(12)5-4-6-9(10)15(17)18/h4-7,14H,3H2,1-2H3,(H,13,16). The van der Waals surface area contributed by atoms with Crippen LogP contribution in [0.3, 0.4) is 0 Å². The maximum Gasteiger partial charge on any atom is 0.293 e. The van der Waals surface area contributed by atoms with Crippen molar-refractivity contribution in [3.63, 3.8) is 0 Å². The number of carbonyl (C=O) groups is 1. The minimum absolute atomic E-state index is 0.154. The molecule has 98 valence electrons. The van der Waals surface area contributed by atoms with E-state index in [1.165, 1.54) is 18.2 Å². The fourth-order valence-electron chi connectivity index (χ4n) is 1.42. The second-order valence-corrected chi connectivity index (χ2v) is 4.06. The number of carbonyl (C=O) groups excluding carboxylic acids is 1. The number of hydrogen-bond acceptors (Lipinski definition) is 4. The number of nitro benzene ring substituents is 1. The predicted octanol–water partition coefficient (Wildman–Crippen LogP) is 2.18. The van der Waals surface area contributed by atoms with E-state index >= 15 is 0 Å². The number of benzene rings is 1. The van der Waals surface area contributed by atoms with E-state index < -0.39 is 11.0 Å². The van der Waals surface area contributed by atoms with Crippen LogP contribution in [0.4, 0.5) is 11.4 Å². The number of anilines is 1. The Balaban J connectivity index is 2.96. The molecule has 1 unspecified atom stereocenters. The summed E-state index contributed by atoms with van der Waals surface area (Å²) in [7, 11) is 0. The molecule has 0 radical (unpaired) electrons. The van der Waals surface area contributed by atoms with Gasteiger partial charge in [-0.1, -0.05) is 17.7 Å². The number of para-hydroxylation sites is 1. The molecule has 0 aliphatic heterocycles. The molecule has 1 amide bonds. The minimum Gasteiger partial charge on any atom is -0.367 e. The van der Waals surface area contributed by atoms with E-state index in [1.54, 1.807) is 13.8 Å². The van der Waals surface area contributed by atoms with E-state index in [-0.39, 0.29) is 22.3 Å². The summed E-state index contributed by atoms with van der Waals surface area (Å²) in [6.07, 6.45) is 0. The number of nitrogens with zero attached hydrogens (tertiary/aromatic N) is 1.